The molecule has 0 saturated heterocycles. The second-order valence-corrected chi connectivity index (χ2v) is 6.49. The molecule has 0 spiro atoms. The van der Waals surface area contributed by atoms with E-state index in [1.54, 1.807) is 17.4 Å². The highest BCUT2D eigenvalue weighted by molar-refractivity contribution is 9.11. The van der Waals surface area contributed by atoms with Gasteiger partial charge in [0.1, 0.15) is 22.7 Å². The maximum Gasteiger partial charge on any atom is 0.325 e. The Labute approximate surface area is 119 Å². The molecule has 3 rings (SSSR count). The molecule has 0 fully saturated rings. The number of halogens is 1. The van der Waals surface area contributed by atoms with Crippen molar-refractivity contribution in [2.45, 2.75) is 13.5 Å². The highest BCUT2D eigenvalue weighted by Crippen LogP contribution is 2.31. The largest absolute Gasteiger partial charge is 0.480 e. The summed E-state index contributed by atoms with van der Waals surface area (Å²) in [6, 6.07) is 3.68. The van der Waals surface area contributed by atoms with Crippen molar-refractivity contribution in [2.75, 3.05) is 0 Å². The molecule has 8 heteroatoms. The molecule has 0 amide bonds. The van der Waals surface area contributed by atoms with Crippen LogP contribution in [-0.4, -0.2) is 25.3 Å². The molecule has 0 unspecified atom stereocenters. The third kappa shape index (κ3) is 1.87. The van der Waals surface area contributed by atoms with Gasteiger partial charge in [0.2, 0.25) is 0 Å². The predicted octanol–water partition coefficient (Wildman–Crippen LogP) is 1.87. The number of carboxylic acid groups (broad SMARTS) is 1. The molecule has 0 aromatic carbocycles. The summed E-state index contributed by atoms with van der Waals surface area (Å²) in [6.07, 6.45) is 0. The van der Waals surface area contributed by atoms with Gasteiger partial charge in [-0.3, -0.25) is 14.0 Å². The first-order valence-corrected chi connectivity index (χ1v) is 6.98. The van der Waals surface area contributed by atoms with Crippen LogP contribution in [0.4, 0.5) is 0 Å². The summed E-state index contributed by atoms with van der Waals surface area (Å²) < 4.78 is 3.71. The number of rotatable bonds is 2. The zero-order chi connectivity index (χ0) is 13.7. The van der Waals surface area contributed by atoms with Crippen molar-refractivity contribution >= 4 is 49.0 Å². The van der Waals surface area contributed by atoms with Gasteiger partial charge in [-0.05, 0) is 35.0 Å². The average Bonchev–Trinajstić information content (AvgIpc) is 2.80. The van der Waals surface area contributed by atoms with Crippen molar-refractivity contribution < 1.29 is 9.90 Å². The van der Waals surface area contributed by atoms with E-state index >= 15 is 0 Å². The predicted molar refractivity (Wildman–Crippen MR) is 74.9 cm³/mol. The second-order valence-electron chi connectivity index (χ2n) is 4.08. The van der Waals surface area contributed by atoms with Gasteiger partial charge in [0.15, 0.2) is 0 Å². The summed E-state index contributed by atoms with van der Waals surface area (Å²) in [7, 11) is 0. The minimum absolute atomic E-state index is 0.396. The lowest BCUT2D eigenvalue weighted by atomic mass is 10.4. The molecule has 1 N–H and O–H groups in total. The number of hydrogen-bond donors (Lipinski definition) is 1. The van der Waals surface area contributed by atoms with E-state index in [0.717, 1.165) is 18.7 Å². The van der Waals surface area contributed by atoms with Gasteiger partial charge in [0, 0.05) is 5.39 Å². The van der Waals surface area contributed by atoms with Crippen molar-refractivity contribution in [3.05, 3.63) is 32.1 Å². The molecule has 0 radical (unpaired) electrons. The summed E-state index contributed by atoms with van der Waals surface area (Å²) in [5, 5.41) is 13.8. The topological polar surface area (TPSA) is 76.6 Å². The monoisotopic (exact) mass is 341 g/mol. The van der Waals surface area contributed by atoms with Crippen molar-refractivity contribution in [1.82, 2.24) is 14.2 Å². The van der Waals surface area contributed by atoms with E-state index in [4.69, 9.17) is 5.11 Å². The number of hydrogen-bond acceptors (Lipinski definition) is 4. The van der Waals surface area contributed by atoms with E-state index in [-0.39, 0.29) is 0 Å². The zero-order valence-corrected chi connectivity index (χ0v) is 12.2. The number of aromatic nitrogens is 3. The standard InChI is InChI=1S/C11H8BrN3O3S/c1-5-13-14(4-9(16)17)10(18)7-2-6-3-8(12)19-11(6)15(5)7/h2-3H,4H2,1H3,(H,16,17). The van der Waals surface area contributed by atoms with Crippen molar-refractivity contribution in [3.63, 3.8) is 0 Å². The van der Waals surface area contributed by atoms with Gasteiger partial charge in [-0.15, -0.1) is 11.3 Å². The lowest BCUT2D eigenvalue weighted by Crippen LogP contribution is -2.29. The van der Waals surface area contributed by atoms with Gasteiger partial charge in [0.25, 0.3) is 5.56 Å². The molecule has 0 aliphatic carbocycles. The molecular formula is C11H8BrN3O3S. The van der Waals surface area contributed by atoms with Gasteiger partial charge < -0.3 is 5.11 Å². The second kappa shape index (κ2) is 4.17. The van der Waals surface area contributed by atoms with Crippen LogP contribution < -0.4 is 5.56 Å². The highest BCUT2D eigenvalue weighted by atomic mass is 79.9. The SMILES string of the molecule is Cc1nn(CC(=O)O)c(=O)c2cc3cc(Br)sc3n12. The van der Waals surface area contributed by atoms with Gasteiger partial charge in [0.05, 0.1) is 3.79 Å². The fourth-order valence-electron chi connectivity index (χ4n) is 2.08. The number of thiophene rings is 1. The third-order valence-electron chi connectivity index (χ3n) is 2.77. The molecule has 19 heavy (non-hydrogen) atoms. The normalized spacial score (nSPS) is 11.5. The molecule has 6 nitrogen and oxygen atoms in total. The van der Waals surface area contributed by atoms with Crippen LogP contribution in [-0.2, 0) is 11.3 Å². The first-order chi connectivity index (χ1) is 8.97. The highest BCUT2D eigenvalue weighted by Gasteiger charge is 2.15. The van der Waals surface area contributed by atoms with Crippen LogP contribution in [0.2, 0.25) is 0 Å². The van der Waals surface area contributed by atoms with Gasteiger partial charge in [-0.25, -0.2) is 4.68 Å². The van der Waals surface area contributed by atoms with E-state index < -0.39 is 18.1 Å². The van der Waals surface area contributed by atoms with Crippen LogP contribution in [0.3, 0.4) is 0 Å². The Morgan fingerprint density at radius 1 is 1.53 bits per heavy atom. The Kier molecular flexibility index (Phi) is 2.72. The van der Waals surface area contributed by atoms with Crippen LogP contribution in [0.25, 0.3) is 15.7 Å². The molecule has 0 bridgehead atoms. The molecule has 0 aliphatic heterocycles. The van der Waals surface area contributed by atoms with Crippen molar-refractivity contribution in [1.29, 1.82) is 0 Å². The van der Waals surface area contributed by atoms with Crippen LogP contribution >= 0.6 is 27.3 Å². The molecule has 98 valence electrons. The van der Waals surface area contributed by atoms with Gasteiger partial charge in [-0.2, -0.15) is 5.10 Å². The van der Waals surface area contributed by atoms with E-state index in [1.807, 2.05) is 6.07 Å². The van der Waals surface area contributed by atoms with Crippen molar-refractivity contribution in [2.24, 2.45) is 0 Å². The molecular weight excluding hydrogens is 334 g/mol. The average molecular weight is 342 g/mol. The quantitative estimate of drug-likeness (QED) is 0.771. The van der Waals surface area contributed by atoms with Gasteiger partial charge in [-0.1, -0.05) is 0 Å². The number of aryl methyl sites for hydroxylation is 1. The molecule has 3 aromatic rings. The summed E-state index contributed by atoms with van der Waals surface area (Å²) in [5.74, 6) is -0.505. The van der Waals surface area contributed by atoms with Crippen molar-refractivity contribution in [3.8, 4) is 0 Å². The van der Waals surface area contributed by atoms with Crippen LogP contribution in [0.15, 0.2) is 20.7 Å². The minimum atomic E-state index is -1.09. The fourth-order valence-corrected chi connectivity index (χ4v) is 3.71. The van der Waals surface area contributed by atoms with Crippen LogP contribution in [0.1, 0.15) is 5.82 Å². The Morgan fingerprint density at radius 2 is 2.26 bits per heavy atom. The van der Waals surface area contributed by atoms with E-state index in [2.05, 4.69) is 21.0 Å². The molecule has 3 heterocycles. The lowest BCUT2D eigenvalue weighted by molar-refractivity contribution is -0.138. The summed E-state index contributed by atoms with van der Waals surface area (Å²) in [4.78, 5) is 23.8. The molecule has 0 saturated carbocycles. The Balaban J connectivity index is 2.40. The van der Waals surface area contributed by atoms with Gasteiger partial charge >= 0.3 is 5.97 Å². The Morgan fingerprint density at radius 3 is 2.95 bits per heavy atom. The molecule has 0 aliphatic rings. The number of carboxylic acids is 1. The van der Waals surface area contributed by atoms with Crippen LogP contribution in [0, 0.1) is 6.92 Å². The third-order valence-corrected chi connectivity index (χ3v) is 4.41. The first-order valence-electron chi connectivity index (χ1n) is 5.37. The maximum absolute atomic E-state index is 12.2. The van der Waals surface area contributed by atoms with Crippen LogP contribution in [0.5, 0.6) is 0 Å². The maximum atomic E-state index is 12.2. The molecule has 0 atom stereocenters. The summed E-state index contributed by atoms with van der Waals surface area (Å²) in [6.45, 7) is 1.32. The number of nitrogens with zero attached hydrogens (tertiary/aromatic N) is 3. The zero-order valence-electron chi connectivity index (χ0n) is 9.75. The number of aliphatic carboxylic acids is 1. The first kappa shape index (κ1) is 12.4. The Bertz CT molecular complexity index is 877. The van der Waals surface area contributed by atoms with E-state index in [9.17, 15) is 9.59 Å². The molecule has 3 aromatic heterocycles. The van der Waals surface area contributed by atoms with E-state index in [0.29, 0.717) is 11.3 Å². The summed E-state index contributed by atoms with van der Waals surface area (Å²) >= 11 is 4.91. The number of carbonyl (C=O) groups is 1. The lowest BCUT2D eigenvalue weighted by Gasteiger charge is -2.05. The fraction of sp³-hybridized carbons (Fsp3) is 0.182. The number of fused-ring (bicyclic) bond motifs is 3. The Hall–Kier alpha value is -1.67. The van der Waals surface area contributed by atoms with E-state index in [1.165, 1.54) is 11.3 Å². The summed E-state index contributed by atoms with van der Waals surface area (Å²) in [5.41, 5.74) is 0.0509. The minimum Gasteiger partial charge on any atom is -0.480 e. The smallest absolute Gasteiger partial charge is 0.325 e.